The van der Waals surface area contributed by atoms with E-state index in [2.05, 4.69) is 30.7 Å². The first kappa shape index (κ1) is 16.6. The Kier molecular flexibility index (Phi) is 3.52. The van der Waals surface area contributed by atoms with Gasteiger partial charge in [0.25, 0.3) is 10.0 Å². The molecule has 1 N–H and O–H groups in total. The van der Waals surface area contributed by atoms with Gasteiger partial charge in [0.15, 0.2) is 0 Å². The summed E-state index contributed by atoms with van der Waals surface area (Å²) in [6.45, 7) is 6.79. The van der Waals surface area contributed by atoms with Crippen molar-refractivity contribution in [3.8, 4) is 0 Å². The maximum absolute atomic E-state index is 12.7. The molecule has 2 unspecified atom stereocenters. The highest BCUT2D eigenvalue weighted by atomic mass is 32.2. The van der Waals surface area contributed by atoms with Crippen LogP contribution < -0.4 is 4.83 Å². The van der Waals surface area contributed by atoms with Gasteiger partial charge < -0.3 is 0 Å². The van der Waals surface area contributed by atoms with Crippen molar-refractivity contribution in [2.45, 2.75) is 44.9 Å². The molecule has 4 rings (SSSR count). The molecule has 2 aliphatic carbocycles. The van der Waals surface area contributed by atoms with Gasteiger partial charge >= 0.3 is 0 Å². The van der Waals surface area contributed by atoms with Crippen LogP contribution in [0.4, 0.5) is 0 Å². The van der Waals surface area contributed by atoms with E-state index in [1.165, 1.54) is 6.42 Å². The van der Waals surface area contributed by atoms with Gasteiger partial charge in [-0.3, -0.25) is 0 Å². The van der Waals surface area contributed by atoms with Gasteiger partial charge in [-0.05, 0) is 53.5 Å². The fourth-order valence-corrected chi connectivity index (χ4v) is 5.47. The maximum atomic E-state index is 12.7. The SMILES string of the molecule is CC12CCC(CC1=NNS(=O)(=O)c1ccc3ccccc3c1)C2(C)C. The molecule has 2 aromatic carbocycles. The maximum Gasteiger partial charge on any atom is 0.276 e. The van der Waals surface area contributed by atoms with Crippen LogP contribution in [0.1, 0.15) is 40.0 Å². The van der Waals surface area contributed by atoms with Gasteiger partial charge in [-0.1, -0.05) is 51.1 Å². The minimum atomic E-state index is -3.66. The Morgan fingerprint density at radius 1 is 1.08 bits per heavy atom. The van der Waals surface area contributed by atoms with Crippen molar-refractivity contribution in [1.29, 1.82) is 0 Å². The standard InChI is InChI=1S/C20H24N2O2S/c1-19(2)16-10-11-20(19,3)18(13-16)21-22-25(23,24)17-9-8-14-6-4-5-7-15(14)12-17/h4-9,12,16,22H,10-11,13H2,1-3H3. The van der Waals surface area contributed by atoms with E-state index in [0.717, 1.165) is 29.3 Å². The number of benzene rings is 2. The molecule has 2 aromatic rings. The van der Waals surface area contributed by atoms with Crippen molar-refractivity contribution < 1.29 is 8.42 Å². The molecule has 5 heteroatoms. The van der Waals surface area contributed by atoms with Crippen molar-refractivity contribution in [2.75, 3.05) is 0 Å². The van der Waals surface area contributed by atoms with Crippen LogP contribution in [-0.4, -0.2) is 14.1 Å². The number of nitrogens with one attached hydrogen (secondary N) is 1. The van der Waals surface area contributed by atoms with E-state index in [1.54, 1.807) is 12.1 Å². The highest BCUT2D eigenvalue weighted by molar-refractivity contribution is 7.89. The smallest absolute Gasteiger partial charge is 0.200 e. The molecular weight excluding hydrogens is 332 g/mol. The number of hydrogen-bond donors (Lipinski definition) is 1. The molecule has 4 nitrogen and oxygen atoms in total. The third kappa shape index (κ3) is 2.40. The third-order valence-electron chi connectivity index (χ3n) is 6.84. The number of hydrogen-bond acceptors (Lipinski definition) is 3. The first-order chi connectivity index (χ1) is 11.7. The van der Waals surface area contributed by atoms with Crippen LogP contribution in [0.3, 0.4) is 0 Å². The lowest BCUT2D eigenvalue weighted by molar-refractivity contribution is 0.193. The first-order valence-electron chi connectivity index (χ1n) is 8.82. The fourth-order valence-electron chi connectivity index (χ4n) is 4.60. The summed E-state index contributed by atoms with van der Waals surface area (Å²) in [5, 5.41) is 6.31. The Hall–Kier alpha value is -1.88. The molecule has 0 saturated heterocycles. The van der Waals surface area contributed by atoms with E-state index in [4.69, 9.17) is 0 Å². The second kappa shape index (κ2) is 5.31. The number of nitrogens with zero attached hydrogens (tertiary/aromatic N) is 1. The fraction of sp³-hybridized carbons (Fsp3) is 0.450. The molecule has 0 heterocycles. The largest absolute Gasteiger partial charge is 0.276 e. The van der Waals surface area contributed by atoms with Crippen LogP contribution in [0.15, 0.2) is 52.5 Å². The van der Waals surface area contributed by atoms with Gasteiger partial charge in [-0.15, -0.1) is 0 Å². The topological polar surface area (TPSA) is 58.5 Å². The predicted molar refractivity (Wildman–Crippen MR) is 101 cm³/mol. The second-order valence-corrected chi connectivity index (χ2v) is 9.82. The van der Waals surface area contributed by atoms with Crippen molar-refractivity contribution in [1.82, 2.24) is 4.83 Å². The Labute approximate surface area is 149 Å². The zero-order valence-corrected chi connectivity index (χ0v) is 15.7. The molecule has 132 valence electrons. The van der Waals surface area contributed by atoms with Crippen molar-refractivity contribution in [3.63, 3.8) is 0 Å². The van der Waals surface area contributed by atoms with E-state index in [0.29, 0.717) is 5.92 Å². The highest BCUT2D eigenvalue weighted by Gasteiger charge is 2.60. The van der Waals surface area contributed by atoms with Gasteiger partial charge in [-0.25, -0.2) is 4.83 Å². The molecular formula is C20H24N2O2S. The molecule has 2 atom stereocenters. The average Bonchev–Trinajstić information content (AvgIpc) is 2.93. The Bertz CT molecular complexity index is 978. The molecule has 2 aliphatic rings. The van der Waals surface area contributed by atoms with E-state index >= 15 is 0 Å². The lowest BCUT2D eigenvalue weighted by Gasteiger charge is -2.34. The zero-order chi connectivity index (χ0) is 17.9. The summed E-state index contributed by atoms with van der Waals surface area (Å²) in [7, 11) is -3.66. The van der Waals surface area contributed by atoms with Crippen LogP contribution in [0.25, 0.3) is 10.8 Å². The molecule has 0 radical (unpaired) electrons. The summed E-state index contributed by atoms with van der Waals surface area (Å²) in [5.74, 6) is 0.599. The summed E-state index contributed by atoms with van der Waals surface area (Å²) in [4.78, 5) is 2.74. The minimum absolute atomic E-state index is 0.0103. The summed E-state index contributed by atoms with van der Waals surface area (Å²) in [6, 6.07) is 12.9. The number of rotatable bonds is 3. The first-order valence-corrected chi connectivity index (χ1v) is 10.3. The van der Waals surface area contributed by atoms with Gasteiger partial charge in [0.1, 0.15) is 0 Å². The monoisotopic (exact) mass is 356 g/mol. The molecule has 2 bridgehead atoms. The van der Waals surface area contributed by atoms with Crippen molar-refractivity contribution in [2.24, 2.45) is 21.8 Å². The van der Waals surface area contributed by atoms with Crippen molar-refractivity contribution in [3.05, 3.63) is 42.5 Å². The van der Waals surface area contributed by atoms with Crippen LogP contribution in [-0.2, 0) is 10.0 Å². The predicted octanol–water partition coefficient (Wildman–Crippen LogP) is 4.32. The quantitative estimate of drug-likeness (QED) is 0.833. The van der Waals surface area contributed by atoms with E-state index in [9.17, 15) is 8.42 Å². The normalized spacial score (nSPS) is 29.4. The summed E-state index contributed by atoms with van der Waals surface area (Å²) in [5.41, 5.74) is 1.17. The third-order valence-corrected chi connectivity index (χ3v) is 8.05. The van der Waals surface area contributed by atoms with Crippen molar-refractivity contribution >= 4 is 26.5 Å². The second-order valence-electron chi connectivity index (χ2n) is 8.16. The van der Waals surface area contributed by atoms with Gasteiger partial charge in [-0.2, -0.15) is 13.5 Å². The van der Waals surface area contributed by atoms with Gasteiger partial charge in [0.2, 0.25) is 0 Å². The summed E-state index contributed by atoms with van der Waals surface area (Å²) >= 11 is 0. The Morgan fingerprint density at radius 3 is 2.44 bits per heavy atom. The highest BCUT2D eigenvalue weighted by Crippen LogP contribution is 2.63. The average molecular weight is 356 g/mol. The molecule has 2 saturated carbocycles. The van der Waals surface area contributed by atoms with Crippen LogP contribution in [0, 0.1) is 16.7 Å². The zero-order valence-electron chi connectivity index (χ0n) is 14.9. The minimum Gasteiger partial charge on any atom is -0.200 e. The molecule has 0 aliphatic heterocycles. The van der Waals surface area contributed by atoms with Gasteiger partial charge in [0.05, 0.1) is 4.90 Å². The number of hydrazone groups is 1. The van der Waals surface area contributed by atoms with Crippen LogP contribution in [0.2, 0.25) is 0 Å². The Morgan fingerprint density at radius 2 is 1.80 bits per heavy atom. The number of sulfonamides is 1. The number of fused-ring (bicyclic) bond motifs is 3. The lowest BCUT2D eigenvalue weighted by Crippen LogP contribution is -2.34. The van der Waals surface area contributed by atoms with Crippen LogP contribution in [0.5, 0.6) is 0 Å². The summed E-state index contributed by atoms with van der Waals surface area (Å²) in [6.07, 6.45) is 3.19. The molecule has 0 spiro atoms. The Balaban J connectivity index is 1.64. The lowest BCUT2D eigenvalue weighted by atomic mass is 9.70. The van der Waals surface area contributed by atoms with E-state index in [1.807, 2.05) is 30.3 Å². The van der Waals surface area contributed by atoms with Crippen LogP contribution >= 0.6 is 0 Å². The molecule has 0 aromatic heterocycles. The molecule has 0 amide bonds. The van der Waals surface area contributed by atoms with E-state index in [-0.39, 0.29) is 15.7 Å². The van der Waals surface area contributed by atoms with Gasteiger partial charge in [0, 0.05) is 11.1 Å². The molecule has 2 fully saturated rings. The summed E-state index contributed by atoms with van der Waals surface area (Å²) < 4.78 is 25.4. The molecule has 25 heavy (non-hydrogen) atoms. The van der Waals surface area contributed by atoms with E-state index < -0.39 is 10.0 Å².